The van der Waals surface area contributed by atoms with E-state index in [1.54, 1.807) is 6.07 Å². The number of aromatic hydroxyl groups is 1. The highest BCUT2D eigenvalue weighted by Crippen LogP contribution is 2.24. The molecule has 0 aromatic heterocycles. The molecule has 0 aliphatic heterocycles. The lowest BCUT2D eigenvalue weighted by atomic mass is 10.1. The van der Waals surface area contributed by atoms with Crippen molar-refractivity contribution in [2.24, 2.45) is 0 Å². The molecule has 2 rings (SSSR count). The highest BCUT2D eigenvalue weighted by molar-refractivity contribution is 14.1. The Morgan fingerprint density at radius 1 is 1.22 bits per heavy atom. The first-order chi connectivity index (χ1) is 8.56. The molecule has 0 heterocycles. The number of anilines is 1. The zero-order chi connectivity index (χ0) is 13.1. The van der Waals surface area contributed by atoms with Crippen LogP contribution in [0, 0.1) is 10.5 Å². The molecular formula is C14H13ClINO. The van der Waals surface area contributed by atoms with Gasteiger partial charge in [-0.25, -0.2) is 0 Å². The highest BCUT2D eigenvalue weighted by atomic mass is 127. The van der Waals surface area contributed by atoms with Crippen LogP contribution in [0.5, 0.6) is 5.75 Å². The van der Waals surface area contributed by atoms with Crippen molar-refractivity contribution in [1.82, 2.24) is 0 Å². The second kappa shape index (κ2) is 5.80. The normalized spacial score (nSPS) is 10.4. The maximum absolute atomic E-state index is 9.76. The SMILES string of the molecule is Cc1ccc(O)c(CNc2ccc(Cl)cc2I)c1. The van der Waals surface area contributed by atoms with E-state index in [4.69, 9.17) is 11.6 Å². The molecule has 2 N–H and O–H groups in total. The molecule has 0 amide bonds. The predicted octanol–water partition coefficient (Wildman–Crippen LogP) is 4.57. The van der Waals surface area contributed by atoms with E-state index < -0.39 is 0 Å². The van der Waals surface area contributed by atoms with Crippen LogP contribution in [-0.2, 0) is 6.54 Å². The average Bonchev–Trinajstić information content (AvgIpc) is 2.32. The summed E-state index contributed by atoms with van der Waals surface area (Å²) in [6.45, 7) is 2.60. The molecule has 2 aromatic rings. The molecule has 0 fully saturated rings. The fourth-order valence-electron chi connectivity index (χ4n) is 1.68. The van der Waals surface area contributed by atoms with Crippen LogP contribution >= 0.6 is 34.2 Å². The predicted molar refractivity (Wildman–Crippen MR) is 84.3 cm³/mol. The van der Waals surface area contributed by atoms with E-state index in [0.29, 0.717) is 12.3 Å². The van der Waals surface area contributed by atoms with Gasteiger partial charge in [-0.2, -0.15) is 0 Å². The van der Waals surface area contributed by atoms with Crippen molar-refractivity contribution >= 4 is 39.9 Å². The highest BCUT2D eigenvalue weighted by Gasteiger charge is 2.04. The number of rotatable bonds is 3. The third-order valence-electron chi connectivity index (χ3n) is 2.64. The number of benzene rings is 2. The maximum atomic E-state index is 9.76. The molecule has 2 aromatic carbocycles. The average molecular weight is 374 g/mol. The molecule has 0 saturated carbocycles. The summed E-state index contributed by atoms with van der Waals surface area (Å²) in [6.07, 6.45) is 0. The first-order valence-electron chi connectivity index (χ1n) is 5.53. The fourth-order valence-corrected chi connectivity index (χ4v) is 2.74. The summed E-state index contributed by atoms with van der Waals surface area (Å²) in [5.41, 5.74) is 3.04. The van der Waals surface area contributed by atoms with Gasteiger partial charge in [-0.05, 0) is 53.8 Å². The lowest BCUT2D eigenvalue weighted by Gasteiger charge is -2.10. The first kappa shape index (κ1) is 13.5. The first-order valence-corrected chi connectivity index (χ1v) is 6.99. The molecule has 0 aliphatic rings. The Balaban J connectivity index is 2.13. The second-order valence-corrected chi connectivity index (χ2v) is 5.71. The second-order valence-electron chi connectivity index (χ2n) is 4.11. The molecule has 0 unspecified atom stereocenters. The van der Waals surface area contributed by atoms with E-state index >= 15 is 0 Å². The lowest BCUT2D eigenvalue weighted by molar-refractivity contribution is 0.469. The largest absolute Gasteiger partial charge is 0.508 e. The van der Waals surface area contributed by atoms with Gasteiger partial charge in [-0.3, -0.25) is 0 Å². The summed E-state index contributed by atoms with van der Waals surface area (Å²) in [6, 6.07) is 11.3. The molecule has 2 nitrogen and oxygen atoms in total. The van der Waals surface area contributed by atoms with Crippen LogP contribution in [0.3, 0.4) is 0 Å². The molecule has 0 atom stereocenters. The third-order valence-corrected chi connectivity index (χ3v) is 3.76. The summed E-state index contributed by atoms with van der Waals surface area (Å²) in [5.74, 6) is 0.317. The van der Waals surface area contributed by atoms with E-state index in [9.17, 15) is 5.11 Å². The van der Waals surface area contributed by atoms with Gasteiger partial charge >= 0.3 is 0 Å². The van der Waals surface area contributed by atoms with Gasteiger partial charge in [-0.15, -0.1) is 0 Å². The number of nitrogens with one attached hydrogen (secondary N) is 1. The topological polar surface area (TPSA) is 32.3 Å². The number of aryl methyl sites for hydroxylation is 1. The molecule has 0 aliphatic carbocycles. The van der Waals surface area contributed by atoms with Crippen molar-refractivity contribution in [2.45, 2.75) is 13.5 Å². The summed E-state index contributed by atoms with van der Waals surface area (Å²) in [4.78, 5) is 0. The van der Waals surface area contributed by atoms with Crippen molar-refractivity contribution < 1.29 is 5.11 Å². The van der Waals surface area contributed by atoms with E-state index in [0.717, 1.165) is 25.4 Å². The minimum Gasteiger partial charge on any atom is -0.508 e. The van der Waals surface area contributed by atoms with E-state index in [-0.39, 0.29) is 0 Å². The van der Waals surface area contributed by atoms with Crippen molar-refractivity contribution in [3.63, 3.8) is 0 Å². The van der Waals surface area contributed by atoms with Crippen molar-refractivity contribution in [1.29, 1.82) is 0 Å². The Kier molecular flexibility index (Phi) is 4.35. The molecule has 18 heavy (non-hydrogen) atoms. The van der Waals surface area contributed by atoms with Gasteiger partial charge in [0.2, 0.25) is 0 Å². The summed E-state index contributed by atoms with van der Waals surface area (Å²) in [7, 11) is 0. The van der Waals surface area contributed by atoms with Crippen molar-refractivity contribution in [3.05, 3.63) is 56.1 Å². The summed E-state index contributed by atoms with van der Waals surface area (Å²) < 4.78 is 1.06. The van der Waals surface area contributed by atoms with Gasteiger partial charge < -0.3 is 10.4 Å². The standard InChI is InChI=1S/C14H13ClINO/c1-9-2-5-14(18)10(6-9)8-17-13-4-3-11(15)7-12(13)16/h2-7,17-18H,8H2,1H3. The number of hydrogen-bond donors (Lipinski definition) is 2. The Bertz CT molecular complexity index is 572. The lowest BCUT2D eigenvalue weighted by Crippen LogP contribution is -2.01. The summed E-state index contributed by atoms with van der Waals surface area (Å²) in [5, 5.41) is 13.8. The number of phenols is 1. The minimum atomic E-state index is 0.317. The Morgan fingerprint density at radius 2 is 2.00 bits per heavy atom. The van der Waals surface area contributed by atoms with Gasteiger partial charge in [0.1, 0.15) is 5.75 Å². The van der Waals surface area contributed by atoms with Gasteiger partial charge in [0.15, 0.2) is 0 Å². The van der Waals surface area contributed by atoms with Crippen LogP contribution in [0.15, 0.2) is 36.4 Å². The van der Waals surface area contributed by atoms with E-state index in [2.05, 4.69) is 27.9 Å². The van der Waals surface area contributed by atoms with Crippen LogP contribution in [0.25, 0.3) is 0 Å². The van der Waals surface area contributed by atoms with Crippen LogP contribution in [0.4, 0.5) is 5.69 Å². The molecule has 0 bridgehead atoms. The zero-order valence-corrected chi connectivity index (χ0v) is 12.8. The summed E-state index contributed by atoms with van der Waals surface area (Å²) >= 11 is 8.14. The quantitative estimate of drug-likeness (QED) is 0.773. The number of phenolic OH excluding ortho intramolecular Hbond substituents is 1. The Hall–Kier alpha value is -0.940. The minimum absolute atomic E-state index is 0.317. The molecule has 4 heteroatoms. The third kappa shape index (κ3) is 3.29. The van der Waals surface area contributed by atoms with Crippen molar-refractivity contribution in [2.75, 3.05) is 5.32 Å². The molecule has 0 spiro atoms. The smallest absolute Gasteiger partial charge is 0.120 e. The number of hydrogen-bond acceptors (Lipinski definition) is 2. The van der Waals surface area contributed by atoms with Crippen LogP contribution in [-0.4, -0.2) is 5.11 Å². The molecule has 0 radical (unpaired) electrons. The van der Waals surface area contributed by atoms with Crippen LogP contribution in [0.2, 0.25) is 5.02 Å². The fraction of sp³-hybridized carbons (Fsp3) is 0.143. The maximum Gasteiger partial charge on any atom is 0.120 e. The monoisotopic (exact) mass is 373 g/mol. The van der Waals surface area contributed by atoms with Crippen LogP contribution < -0.4 is 5.32 Å². The Morgan fingerprint density at radius 3 is 2.72 bits per heavy atom. The van der Waals surface area contributed by atoms with Gasteiger partial charge in [0.25, 0.3) is 0 Å². The van der Waals surface area contributed by atoms with Gasteiger partial charge in [0.05, 0.1) is 0 Å². The van der Waals surface area contributed by atoms with E-state index in [1.165, 1.54) is 0 Å². The van der Waals surface area contributed by atoms with Gasteiger partial charge in [-0.1, -0.05) is 29.3 Å². The molecule has 94 valence electrons. The Labute approximate surface area is 125 Å². The molecular weight excluding hydrogens is 361 g/mol. The van der Waals surface area contributed by atoms with Crippen molar-refractivity contribution in [3.8, 4) is 5.75 Å². The number of halogens is 2. The van der Waals surface area contributed by atoms with Crippen LogP contribution in [0.1, 0.15) is 11.1 Å². The molecule has 0 saturated heterocycles. The van der Waals surface area contributed by atoms with E-state index in [1.807, 2.05) is 37.3 Å². The van der Waals surface area contributed by atoms with Gasteiger partial charge in [0, 0.05) is 26.4 Å². The zero-order valence-electron chi connectivity index (χ0n) is 9.87.